The zero-order valence-electron chi connectivity index (χ0n) is 15.8. The fourth-order valence-corrected chi connectivity index (χ4v) is 4.83. The van der Waals surface area contributed by atoms with Crippen LogP contribution in [-0.4, -0.2) is 50.0 Å². The number of halogens is 1. The van der Waals surface area contributed by atoms with Gasteiger partial charge in [-0.05, 0) is 42.2 Å². The molecule has 2 N–H and O–H groups in total. The molecule has 0 bridgehead atoms. The van der Waals surface area contributed by atoms with Crippen molar-refractivity contribution in [1.29, 1.82) is 0 Å². The fraction of sp³-hybridized carbons (Fsp3) is 0.350. The van der Waals surface area contributed by atoms with Crippen LogP contribution in [0.15, 0.2) is 47.4 Å². The van der Waals surface area contributed by atoms with E-state index in [1.807, 2.05) is 24.3 Å². The van der Waals surface area contributed by atoms with Crippen LogP contribution in [0.4, 0.5) is 0 Å². The number of ether oxygens (including phenoxy) is 1. The Kier molecular flexibility index (Phi) is 7.13. The summed E-state index contributed by atoms with van der Waals surface area (Å²) in [6.45, 7) is 0.819. The van der Waals surface area contributed by atoms with Crippen molar-refractivity contribution in [2.75, 3.05) is 26.3 Å². The third-order valence-corrected chi connectivity index (χ3v) is 6.79. The molecule has 1 aliphatic rings. The predicted molar refractivity (Wildman–Crippen MR) is 109 cm³/mol. The monoisotopic (exact) mass is 438 g/mol. The Hall–Kier alpha value is -2.13. The summed E-state index contributed by atoms with van der Waals surface area (Å²) in [6.07, 6.45) is 1.12. The first-order chi connectivity index (χ1) is 13.9. The molecule has 29 heavy (non-hydrogen) atoms. The molecule has 3 rings (SSSR count). The highest BCUT2D eigenvalue weighted by Crippen LogP contribution is 2.30. The van der Waals surface area contributed by atoms with Gasteiger partial charge < -0.3 is 15.2 Å². The van der Waals surface area contributed by atoms with Gasteiger partial charge in [0.25, 0.3) is 5.91 Å². The molecule has 0 aromatic heterocycles. The van der Waals surface area contributed by atoms with Gasteiger partial charge in [0, 0.05) is 26.2 Å². The maximum atomic E-state index is 13.0. The minimum Gasteiger partial charge on any atom is -0.482 e. The Labute approximate surface area is 175 Å². The quantitative estimate of drug-likeness (QED) is 0.614. The topological polar surface area (TPSA) is 95.9 Å². The van der Waals surface area contributed by atoms with Crippen LogP contribution in [0.3, 0.4) is 0 Å². The van der Waals surface area contributed by atoms with Crippen LogP contribution in [0.5, 0.6) is 5.75 Å². The second-order valence-corrected chi connectivity index (χ2v) is 9.01. The van der Waals surface area contributed by atoms with E-state index >= 15 is 0 Å². The van der Waals surface area contributed by atoms with Gasteiger partial charge in [-0.25, -0.2) is 8.42 Å². The number of hydrogen-bond acceptors (Lipinski definition) is 5. The molecule has 2 aromatic rings. The summed E-state index contributed by atoms with van der Waals surface area (Å²) < 4.78 is 32.8. The molecule has 0 aliphatic carbocycles. The highest BCUT2D eigenvalue weighted by Gasteiger charge is 2.28. The average Bonchev–Trinajstić information content (AvgIpc) is 2.72. The lowest BCUT2D eigenvalue weighted by atomic mass is 10.0. The molecule has 7 nitrogen and oxygen atoms in total. The SMILES string of the molecule is O=C(COc1ccc(S(=O)(=O)N2CCc3ccccc3C2)cc1Cl)NCCCO. The highest BCUT2D eigenvalue weighted by molar-refractivity contribution is 7.89. The number of carbonyl (C=O) groups is 1. The number of benzene rings is 2. The van der Waals surface area contributed by atoms with Gasteiger partial charge in [0.05, 0.1) is 9.92 Å². The number of nitrogens with one attached hydrogen (secondary N) is 1. The first kappa shape index (κ1) is 21.6. The van der Waals surface area contributed by atoms with E-state index in [1.54, 1.807) is 0 Å². The molecule has 1 aliphatic heterocycles. The van der Waals surface area contributed by atoms with Crippen molar-refractivity contribution < 1.29 is 23.1 Å². The fourth-order valence-electron chi connectivity index (χ4n) is 3.08. The van der Waals surface area contributed by atoms with Gasteiger partial charge in [-0.3, -0.25) is 4.79 Å². The lowest BCUT2D eigenvalue weighted by Crippen LogP contribution is -2.35. The molecule has 2 aromatic carbocycles. The summed E-state index contributed by atoms with van der Waals surface area (Å²) >= 11 is 6.19. The van der Waals surface area contributed by atoms with E-state index in [2.05, 4.69) is 5.32 Å². The summed E-state index contributed by atoms with van der Waals surface area (Å²) in [5.41, 5.74) is 2.17. The summed E-state index contributed by atoms with van der Waals surface area (Å²) in [5, 5.41) is 11.4. The largest absolute Gasteiger partial charge is 0.482 e. The van der Waals surface area contributed by atoms with Crippen molar-refractivity contribution in [2.45, 2.75) is 24.3 Å². The molecule has 156 valence electrons. The molecule has 0 saturated carbocycles. The van der Waals surface area contributed by atoms with Gasteiger partial charge in [-0.2, -0.15) is 4.31 Å². The van der Waals surface area contributed by atoms with E-state index in [9.17, 15) is 13.2 Å². The van der Waals surface area contributed by atoms with Crippen LogP contribution < -0.4 is 10.1 Å². The van der Waals surface area contributed by atoms with Crippen LogP contribution in [0, 0.1) is 0 Å². The summed E-state index contributed by atoms with van der Waals surface area (Å²) in [6, 6.07) is 12.0. The number of fused-ring (bicyclic) bond motifs is 1. The van der Waals surface area contributed by atoms with Crippen LogP contribution in [0.2, 0.25) is 5.02 Å². The first-order valence-corrected chi connectivity index (χ1v) is 11.1. The van der Waals surface area contributed by atoms with E-state index in [0.29, 0.717) is 32.5 Å². The standard InChI is InChI=1S/C20H23ClN2O5S/c21-18-12-17(6-7-19(18)28-14-20(25)22-9-3-11-24)29(26,27)23-10-8-15-4-1-2-5-16(15)13-23/h1-2,4-7,12,24H,3,8-11,13-14H2,(H,22,25). The Morgan fingerprint density at radius 2 is 1.97 bits per heavy atom. The Morgan fingerprint density at radius 1 is 1.21 bits per heavy atom. The van der Waals surface area contributed by atoms with Crippen LogP contribution in [-0.2, 0) is 27.8 Å². The van der Waals surface area contributed by atoms with Crippen molar-refractivity contribution >= 4 is 27.5 Å². The van der Waals surface area contributed by atoms with Crippen molar-refractivity contribution in [3.05, 3.63) is 58.6 Å². The third-order valence-electron chi connectivity index (χ3n) is 4.65. The maximum Gasteiger partial charge on any atom is 0.257 e. The van der Waals surface area contributed by atoms with E-state index in [-0.39, 0.29) is 34.8 Å². The first-order valence-electron chi connectivity index (χ1n) is 9.28. The number of aliphatic hydroxyl groups excluding tert-OH is 1. The third kappa shape index (κ3) is 5.27. The molecule has 1 heterocycles. The highest BCUT2D eigenvalue weighted by atomic mass is 35.5. The average molecular weight is 439 g/mol. The number of rotatable bonds is 8. The zero-order valence-corrected chi connectivity index (χ0v) is 17.4. The van der Waals surface area contributed by atoms with Gasteiger partial charge in [-0.1, -0.05) is 35.9 Å². The normalized spacial score (nSPS) is 14.3. The van der Waals surface area contributed by atoms with Gasteiger partial charge in [-0.15, -0.1) is 0 Å². The second kappa shape index (κ2) is 9.58. The number of aliphatic hydroxyl groups is 1. The summed E-state index contributed by atoms with van der Waals surface area (Å²) in [4.78, 5) is 11.8. The van der Waals surface area contributed by atoms with E-state index in [0.717, 1.165) is 11.1 Å². The van der Waals surface area contributed by atoms with Crippen LogP contribution in [0.1, 0.15) is 17.5 Å². The minimum atomic E-state index is -3.70. The number of sulfonamides is 1. The van der Waals surface area contributed by atoms with Gasteiger partial charge in [0.1, 0.15) is 5.75 Å². The molecule has 0 fully saturated rings. The Bertz CT molecular complexity index is 981. The Balaban J connectivity index is 1.67. The van der Waals surface area contributed by atoms with Crippen molar-refractivity contribution in [3.63, 3.8) is 0 Å². The van der Waals surface area contributed by atoms with E-state index < -0.39 is 10.0 Å². The van der Waals surface area contributed by atoms with Crippen molar-refractivity contribution in [2.24, 2.45) is 0 Å². The lowest BCUT2D eigenvalue weighted by Gasteiger charge is -2.28. The van der Waals surface area contributed by atoms with Crippen LogP contribution in [0.25, 0.3) is 0 Å². The number of hydrogen-bond donors (Lipinski definition) is 2. The molecule has 0 radical (unpaired) electrons. The van der Waals surface area contributed by atoms with Crippen molar-refractivity contribution in [1.82, 2.24) is 9.62 Å². The van der Waals surface area contributed by atoms with Crippen LogP contribution >= 0.6 is 11.6 Å². The zero-order chi connectivity index (χ0) is 20.9. The molecule has 0 saturated heterocycles. The second-order valence-electron chi connectivity index (χ2n) is 6.67. The van der Waals surface area contributed by atoms with E-state index in [4.69, 9.17) is 21.4 Å². The number of amides is 1. The number of nitrogens with zero attached hydrogens (tertiary/aromatic N) is 1. The molecule has 0 spiro atoms. The van der Waals surface area contributed by atoms with Gasteiger partial charge in [0.2, 0.25) is 10.0 Å². The minimum absolute atomic E-state index is 0.00843. The molecule has 1 amide bonds. The molecule has 0 unspecified atom stereocenters. The van der Waals surface area contributed by atoms with Crippen molar-refractivity contribution in [3.8, 4) is 5.75 Å². The predicted octanol–water partition coefficient (Wildman–Crippen LogP) is 1.96. The Morgan fingerprint density at radius 3 is 2.69 bits per heavy atom. The number of carbonyl (C=O) groups excluding carboxylic acids is 1. The van der Waals surface area contributed by atoms with Gasteiger partial charge in [0.15, 0.2) is 6.61 Å². The molecular formula is C20H23ClN2O5S. The molecule has 9 heteroatoms. The maximum absolute atomic E-state index is 13.0. The van der Waals surface area contributed by atoms with E-state index in [1.165, 1.54) is 22.5 Å². The smallest absolute Gasteiger partial charge is 0.257 e. The summed E-state index contributed by atoms with van der Waals surface area (Å²) in [7, 11) is -3.70. The van der Waals surface area contributed by atoms with Gasteiger partial charge >= 0.3 is 0 Å². The lowest BCUT2D eigenvalue weighted by molar-refractivity contribution is -0.123. The molecular weight excluding hydrogens is 416 g/mol. The summed E-state index contributed by atoms with van der Waals surface area (Å²) in [5.74, 6) is -0.120. The molecule has 0 atom stereocenters.